The number of fused-ring (bicyclic) bond motifs is 3. The summed E-state index contributed by atoms with van der Waals surface area (Å²) >= 11 is 0. The fourth-order valence-electron chi connectivity index (χ4n) is 2.32. The molecule has 0 saturated carbocycles. The van der Waals surface area contributed by atoms with Crippen molar-refractivity contribution in [2.24, 2.45) is 0 Å². The first kappa shape index (κ1) is 14.1. The Morgan fingerprint density at radius 2 is 1.58 bits per heavy atom. The van der Waals surface area contributed by atoms with Crippen LogP contribution in [0.3, 0.4) is 0 Å². The second-order valence-corrected chi connectivity index (χ2v) is 4.36. The summed E-state index contributed by atoms with van der Waals surface area (Å²) in [7, 11) is 0. The van der Waals surface area contributed by atoms with Crippen LogP contribution >= 0.6 is 0 Å². The van der Waals surface area contributed by atoms with Crippen molar-refractivity contribution < 1.29 is 25.8 Å². The summed E-state index contributed by atoms with van der Waals surface area (Å²) in [5, 5.41) is 0. The summed E-state index contributed by atoms with van der Waals surface area (Å²) in [5.41, 5.74) is 5.51. The van der Waals surface area contributed by atoms with E-state index in [9.17, 15) is 0 Å². The Hall–Kier alpha value is -1.34. The SMILES string of the molecule is [Hf].[c-]1cccc2c1Cc1ccccc1-2.c1cc[cH-]c1. The van der Waals surface area contributed by atoms with Gasteiger partial charge in [-0.15, -0.1) is 5.56 Å². The van der Waals surface area contributed by atoms with Crippen molar-refractivity contribution in [3.63, 3.8) is 0 Å². The van der Waals surface area contributed by atoms with Crippen LogP contribution in [0.25, 0.3) is 11.1 Å². The van der Waals surface area contributed by atoms with E-state index in [1.807, 2.05) is 36.4 Å². The molecule has 0 spiro atoms. The minimum atomic E-state index is 0. The zero-order chi connectivity index (χ0) is 12.2. The van der Waals surface area contributed by atoms with Gasteiger partial charge in [-0.3, -0.25) is 0 Å². The summed E-state index contributed by atoms with van der Waals surface area (Å²) in [6.45, 7) is 0. The van der Waals surface area contributed by atoms with E-state index in [1.54, 1.807) is 0 Å². The Labute approximate surface area is 133 Å². The van der Waals surface area contributed by atoms with Crippen molar-refractivity contribution in [2.75, 3.05) is 0 Å². The van der Waals surface area contributed by atoms with Crippen LogP contribution in [0.1, 0.15) is 11.1 Å². The van der Waals surface area contributed by atoms with Gasteiger partial charge in [0.05, 0.1) is 0 Å². The van der Waals surface area contributed by atoms with E-state index in [0.29, 0.717) is 0 Å². The normalized spacial score (nSPS) is 10.5. The molecule has 0 bridgehead atoms. The van der Waals surface area contributed by atoms with Gasteiger partial charge in [0.1, 0.15) is 0 Å². The smallest absolute Gasteiger partial charge is 0 e. The summed E-state index contributed by atoms with van der Waals surface area (Å²) < 4.78 is 0. The van der Waals surface area contributed by atoms with Gasteiger partial charge in [0.2, 0.25) is 0 Å². The van der Waals surface area contributed by atoms with Crippen LogP contribution in [-0.4, -0.2) is 0 Å². The van der Waals surface area contributed by atoms with Crippen molar-refractivity contribution in [1.82, 2.24) is 0 Å². The van der Waals surface area contributed by atoms with E-state index in [-0.39, 0.29) is 25.8 Å². The third kappa shape index (κ3) is 3.16. The second-order valence-electron chi connectivity index (χ2n) is 4.36. The van der Waals surface area contributed by atoms with Crippen LogP contribution in [0.5, 0.6) is 0 Å². The van der Waals surface area contributed by atoms with Gasteiger partial charge in [-0.25, -0.2) is 12.1 Å². The van der Waals surface area contributed by atoms with Gasteiger partial charge < -0.3 is 0 Å². The van der Waals surface area contributed by atoms with E-state index in [2.05, 4.69) is 42.5 Å². The standard InChI is InChI=1S/C13H9.C5H5.Hf/c1-3-7-12-10(5-1)9-11-6-2-4-8-13(11)12;1-2-4-5-3-1;/h1-5,7-8H,9H2;1-5H;/q2*-1;. The molecule has 92 valence electrons. The van der Waals surface area contributed by atoms with Gasteiger partial charge in [0.25, 0.3) is 0 Å². The molecular weight excluding hydrogens is 395 g/mol. The minimum Gasteiger partial charge on any atom is -0.214 e. The molecule has 0 N–H and O–H groups in total. The van der Waals surface area contributed by atoms with Gasteiger partial charge in [-0.1, -0.05) is 35.4 Å². The molecule has 0 atom stereocenters. The van der Waals surface area contributed by atoms with Gasteiger partial charge in [-0.2, -0.15) is 48.0 Å². The topological polar surface area (TPSA) is 0 Å². The summed E-state index contributed by atoms with van der Waals surface area (Å²) in [6.07, 6.45) is 1.05. The third-order valence-corrected chi connectivity index (χ3v) is 3.17. The van der Waals surface area contributed by atoms with E-state index in [4.69, 9.17) is 0 Å². The predicted molar refractivity (Wildman–Crippen MR) is 75.6 cm³/mol. The fraction of sp³-hybridized carbons (Fsp3) is 0.0556. The number of rotatable bonds is 0. The zero-order valence-corrected chi connectivity index (χ0v) is 14.2. The van der Waals surface area contributed by atoms with Crippen molar-refractivity contribution in [2.45, 2.75) is 6.42 Å². The quantitative estimate of drug-likeness (QED) is 0.298. The van der Waals surface area contributed by atoms with Crippen LogP contribution in [-0.2, 0) is 32.3 Å². The van der Waals surface area contributed by atoms with Crippen molar-refractivity contribution in [3.05, 3.63) is 90.0 Å². The second kappa shape index (κ2) is 6.72. The van der Waals surface area contributed by atoms with Crippen LogP contribution < -0.4 is 0 Å². The Balaban J connectivity index is 0.000000190. The molecule has 0 aromatic heterocycles. The molecule has 0 radical (unpaired) electrons. The Morgan fingerprint density at radius 1 is 0.842 bits per heavy atom. The van der Waals surface area contributed by atoms with Crippen molar-refractivity contribution in [1.29, 1.82) is 0 Å². The van der Waals surface area contributed by atoms with Crippen LogP contribution in [0.2, 0.25) is 0 Å². The van der Waals surface area contributed by atoms with Gasteiger partial charge in [-0.05, 0) is 6.42 Å². The molecule has 3 aromatic carbocycles. The maximum Gasteiger partial charge on any atom is 0 e. The van der Waals surface area contributed by atoms with Crippen LogP contribution in [0.15, 0.2) is 72.8 Å². The first-order valence-corrected chi connectivity index (χ1v) is 6.20. The fourth-order valence-corrected chi connectivity index (χ4v) is 2.32. The average molecular weight is 409 g/mol. The number of hydrogen-bond acceptors (Lipinski definition) is 0. The summed E-state index contributed by atoms with van der Waals surface area (Å²) in [4.78, 5) is 0. The molecule has 1 heteroatoms. The van der Waals surface area contributed by atoms with Crippen LogP contribution in [0, 0.1) is 6.07 Å². The molecule has 19 heavy (non-hydrogen) atoms. The molecule has 0 aliphatic heterocycles. The van der Waals surface area contributed by atoms with E-state index in [0.717, 1.165) is 6.42 Å². The first-order chi connectivity index (χ1) is 8.95. The van der Waals surface area contributed by atoms with E-state index < -0.39 is 0 Å². The number of benzene rings is 2. The van der Waals surface area contributed by atoms with E-state index in [1.165, 1.54) is 22.3 Å². The number of hydrogen-bond donors (Lipinski definition) is 0. The molecule has 0 heterocycles. The summed E-state index contributed by atoms with van der Waals surface area (Å²) in [6, 6.07) is 28.1. The monoisotopic (exact) mass is 410 g/mol. The molecule has 3 aromatic rings. The molecule has 0 saturated heterocycles. The Bertz CT molecular complexity index is 563. The molecule has 0 amide bonds. The van der Waals surface area contributed by atoms with Gasteiger partial charge in [0, 0.05) is 25.8 Å². The molecule has 0 unspecified atom stereocenters. The molecule has 4 rings (SSSR count). The molecule has 1 aliphatic rings. The maximum absolute atomic E-state index is 3.30. The van der Waals surface area contributed by atoms with Crippen molar-refractivity contribution in [3.8, 4) is 11.1 Å². The Morgan fingerprint density at radius 3 is 2.32 bits per heavy atom. The van der Waals surface area contributed by atoms with Crippen molar-refractivity contribution >= 4 is 0 Å². The predicted octanol–water partition coefficient (Wildman–Crippen LogP) is 4.46. The Kier molecular flexibility index (Phi) is 4.98. The molecule has 0 nitrogen and oxygen atoms in total. The molecule has 0 fully saturated rings. The maximum atomic E-state index is 3.30. The average Bonchev–Trinajstić information content (AvgIpc) is 3.10. The largest absolute Gasteiger partial charge is 0.214 e. The summed E-state index contributed by atoms with van der Waals surface area (Å²) in [5.74, 6) is 0. The minimum absolute atomic E-state index is 0. The van der Waals surface area contributed by atoms with E-state index >= 15 is 0 Å². The zero-order valence-electron chi connectivity index (χ0n) is 10.6. The van der Waals surface area contributed by atoms with Gasteiger partial charge >= 0.3 is 0 Å². The molecular formula is C18H14Hf-2. The molecule has 1 aliphatic carbocycles. The third-order valence-electron chi connectivity index (χ3n) is 3.17. The first-order valence-electron chi connectivity index (χ1n) is 6.20. The van der Waals surface area contributed by atoms with Crippen LogP contribution in [0.4, 0.5) is 0 Å². The van der Waals surface area contributed by atoms with Gasteiger partial charge in [0.15, 0.2) is 0 Å².